The fourth-order valence-corrected chi connectivity index (χ4v) is 4.01. The van der Waals surface area contributed by atoms with Crippen molar-refractivity contribution in [1.82, 2.24) is 9.03 Å². The minimum atomic E-state index is -3.91. The third kappa shape index (κ3) is 2.55. The summed E-state index contributed by atoms with van der Waals surface area (Å²) in [4.78, 5) is 11.2. The molecule has 9 heteroatoms. The van der Waals surface area contributed by atoms with E-state index in [1.54, 1.807) is 28.8 Å². The molecule has 0 saturated heterocycles. The van der Waals surface area contributed by atoms with Crippen molar-refractivity contribution in [3.8, 4) is 0 Å². The van der Waals surface area contributed by atoms with E-state index >= 15 is 0 Å². The molecule has 2 heterocycles. The van der Waals surface area contributed by atoms with Crippen LogP contribution in [0.15, 0.2) is 59.4 Å². The Morgan fingerprint density at radius 1 is 1.32 bits per heavy atom. The van der Waals surface area contributed by atoms with Crippen LogP contribution in [-0.2, 0) is 10.0 Å². The number of aromatic carboxylic acids is 1. The van der Waals surface area contributed by atoms with E-state index < -0.39 is 16.0 Å². The van der Waals surface area contributed by atoms with Crippen LogP contribution in [-0.4, -0.2) is 23.8 Å². The Labute approximate surface area is 131 Å². The van der Waals surface area contributed by atoms with Gasteiger partial charge < -0.3 is 9.83 Å². The molecule has 0 radical (unpaired) electrons. The molecule has 0 atom stereocenters. The molecule has 3 rings (SSSR count). The summed E-state index contributed by atoms with van der Waals surface area (Å²) in [6, 6.07) is 5.85. The van der Waals surface area contributed by atoms with Crippen LogP contribution < -0.4 is 9.44 Å². The Morgan fingerprint density at radius 3 is 2.86 bits per heavy atom. The maximum absolute atomic E-state index is 12.6. The lowest BCUT2D eigenvalue weighted by Gasteiger charge is -2.20. The first-order valence-electron chi connectivity index (χ1n) is 6.15. The number of nitrogens with zero attached hydrogens (tertiary/aromatic N) is 1. The van der Waals surface area contributed by atoms with E-state index in [-0.39, 0.29) is 16.2 Å². The van der Waals surface area contributed by atoms with Crippen LogP contribution in [0.2, 0.25) is 0 Å². The van der Waals surface area contributed by atoms with Gasteiger partial charge in [0.1, 0.15) is 4.91 Å². The molecule has 0 saturated carbocycles. The molecule has 0 bridgehead atoms. The number of nitrogens with one attached hydrogen (secondary N) is 2. The fourth-order valence-electron chi connectivity index (χ4n) is 2.02. The number of hydrogen-bond acceptors (Lipinski definition) is 6. The van der Waals surface area contributed by atoms with Crippen LogP contribution in [0.1, 0.15) is 10.4 Å². The van der Waals surface area contributed by atoms with Gasteiger partial charge in [0.05, 0.1) is 29.1 Å². The number of fused-ring (bicyclic) bond motifs is 1. The number of carbonyl (C=O) groups is 1. The van der Waals surface area contributed by atoms with Crippen molar-refractivity contribution in [2.45, 2.75) is 0 Å². The third-order valence-electron chi connectivity index (χ3n) is 3.00. The number of allylic oxidation sites excluding steroid dienone is 2. The SMILES string of the molecule is O=C(O)c1ccccc1NS(=O)(=O)C1=CC=CN2SNC=C12. The van der Waals surface area contributed by atoms with E-state index in [1.165, 1.54) is 36.4 Å². The smallest absolute Gasteiger partial charge is 0.337 e. The number of benzene rings is 1. The first-order valence-corrected chi connectivity index (χ1v) is 8.40. The number of sulfonamides is 1. The maximum atomic E-state index is 12.6. The van der Waals surface area contributed by atoms with E-state index in [1.807, 2.05) is 0 Å². The lowest BCUT2D eigenvalue weighted by atomic mass is 10.2. The second kappa shape index (κ2) is 5.43. The molecule has 22 heavy (non-hydrogen) atoms. The van der Waals surface area contributed by atoms with Crippen LogP contribution in [0.25, 0.3) is 0 Å². The van der Waals surface area contributed by atoms with Crippen LogP contribution in [0.4, 0.5) is 5.69 Å². The number of carboxylic acid groups (broad SMARTS) is 1. The lowest BCUT2D eigenvalue weighted by Crippen LogP contribution is -2.22. The van der Waals surface area contributed by atoms with Crippen molar-refractivity contribution >= 4 is 33.8 Å². The number of rotatable bonds is 4. The highest BCUT2D eigenvalue weighted by atomic mass is 32.2. The monoisotopic (exact) mass is 337 g/mol. The van der Waals surface area contributed by atoms with Gasteiger partial charge in [0.25, 0.3) is 10.0 Å². The Morgan fingerprint density at radius 2 is 2.09 bits per heavy atom. The van der Waals surface area contributed by atoms with Crippen molar-refractivity contribution in [2.24, 2.45) is 0 Å². The predicted molar refractivity (Wildman–Crippen MR) is 83.8 cm³/mol. The van der Waals surface area contributed by atoms with Crippen molar-refractivity contribution in [3.05, 3.63) is 65.0 Å². The van der Waals surface area contributed by atoms with Crippen LogP contribution in [0.3, 0.4) is 0 Å². The summed E-state index contributed by atoms with van der Waals surface area (Å²) >= 11 is 1.24. The quantitative estimate of drug-likeness (QED) is 0.721. The summed E-state index contributed by atoms with van der Waals surface area (Å²) in [6.45, 7) is 0. The molecule has 2 aliphatic rings. The van der Waals surface area contributed by atoms with Gasteiger partial charge in [0, 0.05) is 12.4 Å². The van der Waals surface area contributed by atoms with Crippen LogP contribution >= 0.6 is 12.1 Å². The topological polar surface area (TPSA) is 98.7 Å². The fraction of sp³-hybridized carbons (Fsp3) is 0. The van der Waals surface area contributed by atoms with Gasteiger partial charge in [-0.3, -0.25) is 9.03 Å². The molecule has 1 aromatic carbocycles. The highest BCUT2D eigenvalue weighted by Crippen LogP contribution is 2.34. The standard InChI is InChI=1S/C13H11N3O4S2/c17-13(18)9-4-1-2-5-10(9)15-22(19,20)12-6-3-7-16-11(12)8-14-21-16/h1-8,14-15H,(H,17,18). The average Bonchev–Trinajstić information content (AvgIpc) is 2.95. The second-order valence-electron chi connectivity index (χ2n) is 4.39. The van der Waals surface area contributed by atoms with Crippen molar-refractivity contribution in [1.29, 1.82) is 0 Å². The third-order valence-corrected chi connectivity index (χ3v) is 5.15. The highest BCUT2D eigenvalue weighted by molar-refractivity contribution is 7.97. The van der Waals surface area contributed by atoms with Gasteiger partial charge in [-0.15, -0.1) is 0 Å². The number of para-hydroxylation sites is 1. The molecule has 0 fully saturated rings. The van der Waals surface area contributed by atoms with Gasteiger partial charge in [0.15, 0.2) is 0 Å². The van der Waals surface area contributed by atoms with E-state index in [2.05, 4.69) is 9.44 Å². The summed E-state index contributed by atoms with van der Waals surface area (Å²) in [5, 5.41) is 9.13. The Balaban J connectivity index is 1.97. The van der Waals surface area contributed by atoms with Crippen LogP contribution in [0, 0.1) is 0 Å². The summed E-state index contributed by atoms with van der Waals surface area (Å²) in [5.41, 5.74) is 0.395. The zero-order chi connectivity index (χ0) is 15.7. The van der Waals surface area contributed by atoms with Gasteiger partial charge >= 0.3 is 5.97 Å². The summed E-state index contributed by atoms with van der Waals surface area (Å²) in [5.74, 6) is -1.20. The predicted octanol–water partition coefficient (Wildman–Crippen LogP) is 1.85. The minimum absolute atomic E-state index is 0.0243. The zero-order valence-corrected chi connectivity index (χ0v) is 12.7. The van der Waals surface area contributed by atoms with Gasteiger partial charge in [0.2, 0.25) is 0 Å². The van der Waals surface area contributed by atoms with Gasteiger partial charge in [-0.1, -0.05) is 12.1 Å². The first kappa shape index (κ1) is 14.5. The van der Waals surface area contributed by atoms with E-state index in [0.717, 1.165) is 0 Å². The minimum Gasteiger partial charge on any atom is -0.478 e. The molecule has 1 aromatic rings. The second-order valence-corrected chi connectivity index (χ2v) is 6.86. The molecule has 0 aliphatic carbocycles. The lowest BCUT2D eigenvalue weighted by molar-refractivity contribution is 0.0698. The molecule has 0 amide bonds. The van der Waals surface area contributed by atoms with Crippen LogP contribution in [0.5, 0.6) is 0 Å². The molecule has 3 N–H and O–H groups in total. The summed E-state index contributed by atoms with van der Waals surface area (Å²) < 4.78 is 32.0. The summed E-state index contributed by atoms with van der Waals surface area (Å²) in [7, 11) is -3.91. The average molecular weight is 337 g/mol. The van der Waals surface area contributed by atoms with Crippen molar-refractivity contribution in [2.75, 3.05) is 4.72 Å². The molecular formula is C13H11N3O4S2. The Bertz CT molecular complexity index is 827. The Hall–Kier alpha value is -2.39. The maximum Gasteiger partial charge on any atom is 0.337 e. The van der Waals surface area contributed by atoms with E-state index in [4.69, 9.17) is 5.11 Å². The molecule has 0 unspecified atom stereocenters. The molecular weight excluding hydrogens is 326 g/mol. The first-order chi connectivity index (χ1) is 10.5. The molecule has 7 nitrogen and oxygen atoms in total. The normalized spacial score (nSPS) is 16.5. The van der Waals surface area contributed by atoms with Gasteiger partial charge in [-0.2, -0.15) is 0 Å². The van der Waals surface area contributed by atoms with Gasteiger partial charge in [-0.05, 0) is 24.3 Å². The van der Waals surface area contributed by atoms with E-state index in [0.29, 0.717) is 5.70 Å². The van der Waals surface area contributed by atoms with Gasteiger partial charge in [-0.25, -0.2) is 13.2 Å². The summed E-state index contributed by atoms with van der Waals surface area (Å²) in [6.07, 6.45) is 6.36. The number of hydrogen-bond donors (Lipinski definition) is 3. The van der Waals surface area contributed by atoms with E-state index in [9.17, 15) is 13.2 Å². The van der Waals surface area contributed by atoms with Crippen molar-refractivity contribution in [3.63, 3.8) is 0 Å². The molecule has 0 spiro atoms. The largest absolute Gasteiger partial charge is 0.478 e. The van der Waals surface area contributed by atoms with Crippen molar-refractivity contribution < 1.29 is 18.3 Å². The number of carboxylic acids is 1. The Kier molecular flexibility index (Phi) is 3.59. The molecule has 2 aliphatic heterocycles. The molecule has 114 valence electrons. The zero-order valence-electron chi connectivity index (χ0n) is 11.1. The molecule has 0 aromatic heterocycles. The number of anilines is 1. The highest BCUT2D eigenvalue weighted by Gasteiger charge is 2.30.